The molecule has 5 aromatic carbocycles. The number of carboxylic acid groups (broad SMARTS) is 2. The van der Waals surface area contributed by atoms with Crippen LogP contribution in [0.3, 0.4) is 0 Å². The monoisotopic (exact) mass is 928 g/mol. The fourth-order valence-corrected chi connectivity index (χ4v) is 8.45. The molecule has 3 aromatic heterocycles. The molecule has 0 atom stereocenters. The van der Waals surface area contributed by atoms with E-state index in [-0.39, 0.29) is 88.1 Å². The molecule has 0 fully saturated rings. The number of aromatic nitrogens is 8. The standard InChI is InChI=1S/C45H29Cl3N8O5.Cu/c1-45(2,3)21-13-14-25-28(18-21)38-51-37(25)50-35-23-9-5-6-10-24(23)36(49-35)52-39-29-30(40(53-39)55-42-27-12-8-7-11-26(27)41(54-38)56(42)4)32(47)34(33(48)31(29)46)61-22-16-19(43(57)58)15-20(17-22)44(59)60;/h5-18H,1-4H3,(H3,49,50,51,52,53,54,55,57,58,59,60);/q;+2/p-1. The molecule has 0 saturated carbocycles. The number of carboxylic acids is 2. The van der Waals surface area contributed by atoms with Crippen LogP contribution in [0.5, 0.6) is 11.5 Å². The van der Waals surface area contributed by atoms with Gasteiger partial charge in [0.1, 0.15) is 22.4 Å². The molecule has 8 bridgehead atoms. The van der Waals surface area contributed by atoms with E-state index in [0.717, 1.165) is 45.7 Å². The van der Waals surface area contributed by atoms with Crippen LogP contribution in [0.15, 0.2) is 84.9 Å². The summed E-state index contributed by atoms with van der Waals surface area (Å²) in [5.41, 5.74) is 4.28. The first kappa shape index (κ1) is 41.0. The molecular formula is C45H28Cl3CuN8O5+. The normalized spacial score (nSPS) is 11.9. The van der Waals surface area contributed by atoms with E-state index >= 15 is 0 Å². The summed E-state index contributed by atoms with van der Waals surface area (Å²) in [4.78, 5) is 59.1. The molecule has 8 aromatic rings. The van der Waals surface area contributed by atoms with Gasteiger partial charge in [-0.05, 0) is 46.0 Å². The first-order chi connectivity index (χ1) is 29.2. The van der Waals surface area contributed by atoms with Gasteiger partial charge in [0.15, 0.2) is 5.75 Å². The smallest absolute Gasteiger partial charge is 0.478 e. The third kappa shape index (κ3) is 6.54. The Hall–Kier alpha value is -6.41. The second-order valence-electron chi connectivity index (χ2n) is 15.5. The Morgan fingerprint density at radius 3 is 1.69 bits per heavy atom. The number of nitrogens with zero attached hydrogens (tertiary/aromatic N) is 8. The van der Waals surface area contributed by atoms with Crippen LogP contribution in [0.2, 0.25) is 15.1 Å². The molecule has 0 aliphatic carbocycles. The summed E-state index contributed by atoms with van der Waals surface area (Å²) in [6, 6.07) is 24.7. The number of carbonyl (C=O) groups is 2. The first-order valence-corrected chi connectivity index (χ1v) is 19.9. The fourth-order valence-electron chi connectivity index (χ4n) is 7.60. The van der Waals surface area contributed by atoms with Crippen LogP contribution in [0, 0.1) is 0 Å². The van der Waals surface area contributed by atoms with Gasteiger partial charge in [0.2, 0.25) is 0 Å². The van der Waals surface area contributed by atoms with E-state index in [0.29, 0.717) is 39.9 Å². The predicted octanol–water partition coefficient (Wildman–Crippen LogP) is 10.0. The van der Waals surface area contributed by atoms with Gasteiger partial charge in [0.05, 0.1) is 39.9 Å². The summed E-state index contributed by atoms with van der Waals surface area (Å²) >= 11 is 21.3. The van der Waals surface area contributed by atoms with E-state index in [4.69, 9.17) is 74.4 Å². The second kappa shape index (κ2) is 14.9. The summed E-state index contributed by atoms with van der Waals surface area (Å²) in [6.45, 7) is 6.45. The average Bonchev–Trinajstić information content (AvgIpc) is 3.95. The summed E-state index contributed by atoms with van der Waals surface area (Å²) < 4.78 is 7.94. The molecule has 0 spiro atoms. The van der Waals surface area contributed by atoms with Crippen molar-refractivity contribution in [3.05, 3.63) is 117 Å². The van der Waals surface area contributed by atoms with Crippen molar-refractivity contribution >= 4 is 90.9 Å². The van der Waals surface area contributed by atoms with E-state index in [1.54, 1.807) is 0 Å². The van der Waals surface area contributed by atoms with Gasteiger partial charge >= 0.3 is 29.0 Å². The Balaban J connectivity index is 0.00000490. The number of ether oxygens (including phenoxy) is 1. The number of hydrogen-bond acceptors (Lipinski definition) is 8. The van der Waals surface area contributed by atoms with Gasteiger partial charge in [-0.2, -0.15) is 0 Å². The Kier molecular flexibility index (Phi) is 9.84. The minimum atomic E-state index is -1.37. The maximum Gasteiger partial charge on any atom is 2.00 e. The predicted molar refractivity (Wildman–Crippen MR) is 232 cm³/mol. The van der Waals surface area contributed by atoms with E-state index in [1.165, 1.54) is 0 Å². The Morgan fingerprint density at radius 1 is 0.613 bits per heavy atom. The van der Waals surface area contributed by atoms with E-state index in [9.17, 15) is 19.8 Å². The molecular weight excluding hydrogens is 902 g/mol. The summed E-state index contributed by atoms with van der Waals surface area (Å²) in [6.07, 6.45) is 0. The zero-order valence-electron chi connectivity index (χ0n) is 32.7. The minimum Gasteiger partial charge on any atom is -0.478 e. The molecule has 2 aliphatic rings. The summed E-state index contributed by atoms with van der Waals surface area (Å²) in [7, 11) is 1.84. The Labute approximate surface area is 376 Å². The van der Waals surface area contributed by atoms with Gasteiger partial charge in [-0.25, -0.2) is 14.6 Å². The van der Waals surface area contributed by atoms with Gasteiger partial charge in [0, 0.05) is 55.6 Å². The topological polar surface area (TPSA) is 180 Å². The van der Waals surface area contributed by atoms with Crippen molar-refractivity contribution in [2.45, 2.75) is 26.2 Å². The van der Waals surface area contributed by atoms with Crippen molar-refractivity contribution in [3.8, 4) is 57.1 Å². The molecule has 309 valence electrons. The number of fused-ring (bicyclic) bond motifs is 20. The Morgan fingerprint density at radius 2 is 1.11 bits per heavy atom. The quantitative estimate of drug-likeness (QED) is 0.0970. The fraction of sp³-hybridized carbons (Fsp3) is 0.111. The third-order valence-corrected chi connectivity index (χ3v) is 11.8. The van der Waals surface area contributed by atoms with E-state index in [1.807, 2.05) is 66.2 Å². The van der Waals surface area contributed by atoms with Crippen LogP contribution >= 0.6 is 34.8 Å². The number of halogens is 3. The molecule has 13 nitrogen and oxygen atoms in total. The number of hydrogen-bond donors (Lipinski definition) is 2. The maximum atomic E-state index is 11.9. The van der Waals surface area contributed by atoms with Crippen molar-refractivity contribution in [3.63, 3.8) is 0 Å². The van der Waals surface area contributed by atoms with Gasteiger partial charge < -0.3 is 44.9 Å². The SMILES string of the molecule is C[n+]1c2nc3[n-]c(nc4nc(nc5[n-]c(nc1-c1ccccc1-2)c1c(Cl)c(Oc2cc(C(=O)O)cc(C(=O)O)c2)c(Cl)c(Cl)c51)-c1ccccc1-4)c1ccc(C(C)(C)C)cc31.[Cu+2]. The number of rotatable bonds is 4. The molecule has 0 amide bonds. The molecule has 2 aliphatic heterocycles. The van der Waals surface area contributed by atoms with Gasteiger partial charge in [0.25, 0.3) is 0 Å². The van der Waals surface area contributed by atoms with Crippen LogP contribution in [0.1, 0.15) is 47.1 Å². The van der Waals surface area contributed by atoms with E-state index < -0.39 is 11.9 Å². The van der Waals surface area contributed by atoms with Gasteiger partial charge in [-0.1, -0.05) is 116 Å². The van der Waals surface area contributed by atoms with Crippen molar-refractivity contribution in [2.75, 3.05) is 0 Å². The molecule has 1 radical (unpaired) electrons. The molecule has 2 N–H and O–H groups in total. The van der Waals surface area contributed by atoms with Crippen molar-refractivity contribution in [2.24, 2.45) is 7.05 Å². The molecule has 5 heterocycles. The third-order valence-electron chi connectivity index (χ3n) is 10.7. The van der Waals surface area contributed by atoms with Crippen molar-refractivity contribution in [1.29, 1.82) is 0 Å². The van der Waals surface area contributed by atoms with Gasteiger partial charge in [-0.3, -0.25) is 4.57 Å². The number of aromatic carboxylic acids is 2. The van der Waals surface area contributed by atoms with Crippen LogP contribution in [-0.2, 0) is 29.5 Å². The minimum absolute atomic E-state index is 0. The number of benzene rings is 5. The average molecular weight is 931 g/mol. The van der Waals surface area contributed by atoms with Crippen molar-refractivity contribution in [1.82, 2.24) is 34.9 Å². The summed E-state index contributed by atoms with van der Waals surface area (Å²) in [5, 5.41) is 21.2. The van der Waals surface area contributed by atoms with Gasteiger partial charge in [-0.15, -0.1) is 0 Å². The van der Waals surface area contributed by atoms with Crippen LogP contribution < -0.4 is 19.3 Å². The van der Waals surface area contributed by atoms with Crippen molar-refractivity contribution < 1.29 is 46.2 Å². The molecule has 10 rings (SSSR count). The van der Waals surface area contributed by atoms with Crippen LogP contribution in [0.4, 0.5) is 0 Å². The zero-order valence-corrected chi connectivity index (χ0v) is 35.9. The largest absolute Gasteiger partial charge is 2.00 e. The summed E-state index contributed by atoms with van der Waals surface area (Å²) in [5.74, 6) is -1.41. The molecule has 62 heavy (non-hydrogen) atoms. The Bertz CT molecular complexity index is 3440. The first-order valence-electron chi connectivity index (χ1n) is 18.7. The maximum absolute atomic E-state index is 11.9. The van der Waals surface area contributed by atoms with Crippen LogP contribution in [0.25, 0.3) is 89.7 Å². The molecule has 0 unspecified atom stereocenters. The molecule has 0 saturated heterocycles. The molecule has 17 heteroatoms. The van der Waals surface area contributed by atoms with Crippen LogP contribution in [-0.4, -0.2) is 47.1 Å². The van der Waals surface area contributed by atoms with E-state index in [2.05, 4.69) is 32.9 Å². The second-order valence-corrected chi connectivity index (χ2v) is 16.6. The zero-order chi connectivity index (χ0) is 42.6.